The molecule has 1 rings (SSSR count). The van der Waals surface area contributed by atoms with E-state index in [0.717, 1.165) is 37.5 Å². The first-order chi connectivity index (χ1) is 13.0. The third-order valence-electron chi connectivity index (χ3n) is 4.71. The Kier molecular flexibility index (Phi) is 11.0. The second-order valence-corrected chi connectivity index (χ2v) is 6.99. The Morgan fingerprint density at radius 2 is 1.89 bits per heavy atom. The summed E-state index contributed by atoms with van der Waals surface area (Å²) in [5, 5.41) is 5.90. The molecule has 0 aliphatic heterocycles. The van der Waals surface area contributed by atoms with E-state index >= 15 is 0 Å². The second-order valence-electron chi connectivity index (χ2n) is 6.99. The van der Waals surface area contributed by atoms with Crippen molar-refractivity contribution >= 4 is 18.1 Å². The van der Waals surface area contributed by atoms with Crippen LogP contribution in [0.25, 0.3) is 0 Å². The minimum absolute atomic E-state index is 0.0903. The Morgan fingerprint density at radius 3 is 2.44 bits per heavy atom. The van der Waals surface area contributed by atoms with E-state index in [2.05, 4.69) is 24.5 Å². The van der Waals surface area contributed by atoms with Crippen LogP contribution in [0, 0.1) is 5.92 Å². The van der Waals surface area contributed by atoms with E-state index in [1.807, 2.05) is 30.3 Å². The molecule has 6 nitrogen and oxygen atoms in total. The fourth-order valence-electron chi connectivity index (χ4n) is 3.00. The molecule has 2 amide bonds. The first-order valence-corrected chi connectivity index (χ1v) is 9.81. The van der Waals surface area contributed by atoms with Gasteiger partial charge in [-0.25, -0.2) is 0 Å². The number of aldehydes is 1. The predicted octanol–water partition coefficient (Wildman–Crippen LogP) is 1.96. The van der Waals surface area contributed by atoms with Crippen LogP contribution in [0.5, 0.6) is 0 Å². The number of amides is 2. The monoisotopic (exact) mass is 375 g/mol. The van der Waals surface area contributed by atoms with Crippen LogP contribution in [-0.2, 0) is 20.8 Å². The Hall–Kier alpha value is -2.21. The van der Waals surface area contributed by atoms with Crippen LogP contribution in [0.2, 0.25) is 0 Å². The fourth-order valence-corrected chi connectivity index (χ4v) is 3.00. The Bertz CT molecular complexity index is 577. The van der Waals surface area contributed by atoms with Crippen molar-refractivity contribution in [3.63, 3.8) is 0 Å². The van der Waals surface area contributed by atoms with E-state index in [9.17, 15) is 14.4 Å². The summed E-state index contributed by atoms with van der Waals surface area (Å²) < 4.78 is 0. The van der Waals surface area contributed by atoms with E-state index in [1.165, 1.54) is 0 Å². The SMILES string of the molecule is CCCCC(CC)CNC(CC(N)=O)C(=O)N[C@H](C=O)Cc1ccccc1. The number of hydrogen-bond donors (Lipinski definition) is 3. The molecule has 0 bridgehead atoms. The Balaban J connectivity index is 2.66. The molecule has 0 fully saturated rings. The van der Waals surface area contributed by atoms with E-state index < -0.39 is 18.0 Å². The molecule has 4 N–H and O–H groups in total. The molecule has 150 valence electrons. The first-order valence-electron chi connectivity index (χ1n) is 9.81. The van der Waals surface area contributed by atoms with Gasteiger partial charge in [0.2, 0.25) is 11.8 Å². The van der Waals surface area contributed by atoms with Gasteiger partial charge in [0.15, 0.2) is 0 Å². The molecule has 0 heterocycles. The molecule has 0 radical (unpaired) electrons. The number of unbranched alkanes of at least 4 members (excludes halogenated alkanes) is 1. The summed E-state index contributed by atoms with van der Waals surface area (Å²) >= 11 is 0. The number of hydrogen-bond acceptors (Lipinski definition) is 4. The molecule has 1 aromatic carbocycles. The molecule has 27 heavy (non-hydrogen) atoms. The number of carbonyl (C=O) groups is 3. The van der Waals surface area contributed by atoms with Crippen LogP contribution in [-0.4, -0.2) is 36.7 Å². The summed E-state index contributed by atoms with van der Waals surface area (Å²) in [7, 11) is 0. The van der Waals surface area contributed by atoms with Gasteiger partial charge in [0.25, 0.3) is 0 Å². The van der Waals surface area contributed by atoms with Crippen molar-refractivity contribution < 1.29 is 14.4 Å². The minimum atomic E-state index is -0.726. The van der Waals surface area contributed by atoms with Gasteiger partial charge in [-0.2, -0.15) is 0 Å². The number of nitrogens with one attached hydrogen (secondary N) is 2. The van der Waals surface area contributed by atoms with Gasteiger partial charge in [-0.05, 0) is 30.9 Å². The number of benzene rings is 1. The Morgan fingerprint density at radius 1 is 1.19 bits per heavy atom. The molecule has 1 aromatic rings. The molecule has 2 unspecified atom stereocenters. The highest BCUT2D eigenvalue weighted by Gasteiger charge is 2.24. The largest absolute Gasteiger partial charge is 0.370 e. The topological polar surface area (TPSA) is 101 Å². The lowest BCUT2D eigenvalue weighted by Crippen LogP contribution is -2.51. The van der Waals surface area contributed by atoms with Crippen LogP contribution in [0.4, 0.5) is 0 Å². The van der Waals surface area contributed by atoms with E-state index in [0.29, 0.717) is 18.9 Å². The smallest absolute Gasteiger partial charge is 0.238 e. The van der Waals surface area contributed by atoms with Gasteiger partial charge in [0.05, 0.1) is 18.5 Å². The number of rotatable bonds is 14. The molecule has 0 aliphatic rings. The average Bonchev–Trinajstić information content (AvgIpc) is 2.67. The highest BCUT2D eigenvalue weighted by molar-refractivity contribution is 5.89. The normalized spacial score (nSPS) is 14.1. The molecule has 0 saturated heterocycles. The molecule has 6 heteroatoms. The van der Waals surface area contributed by atoms with Crippen molar-refractivity contribution in [2.45, 2.75) is 64.5 Å². The van der Waals surface area contributed by atoms with Crippen molar-refractivity contribution in [3.05, 3.63) is 35.9 Å². The zero-order valence-electron chi connectivity index (χ0n) is 16.4. The van der Waals surface area contributed by atoms with Crippen molar-refractivity contribution in [3.8, 4) is 0 Å². The maximum Gasteiger partial charge on any atom is 0.238 e. The molecule has 0 aliphatic carbocycles. The Labute approximate surface area is 162 Å². The summed E-state index contributed by atoms with van der Waals surface area (Å²) in [5.41, 5.74) is 6.27. The summed E-state index contributed by atoms with van der Waals surface area (Å²) in [4.78, 5) is 35.4. The van der Waals surface area contributed by atoms with Gasteiger partial charge in [0.1, 0.15) is 6.29 Å². The number of carbonyl (C=O) groups excluding carboxylic acids is 3. The first kappa shape index (κ1) is 22.8. The van der Waals surface area contributed by atoms with Crippen LogP contribution < -0.4 is 16.4 Å². The van der Waals surface area contributed by atoms with E-state index in [-0.39, 0.29) is 12.3 Å². The lowest BCUT2D eigenvalue weighted by Gasteiger charge is -2.23. The maximum absolute atomic E-state index is 12.6. The van der Waals surface area contributed by atoms with Gasteiger partial charge in [-0.3, -0.25) is 9.59 Å². The quantitative estimate of drug-likeness (QED) is 0.433. The molecular weight excluding hydrogens is 342 g/mol. The van der Waals surface area contributed by atoms with E-state index in [1.54, 1.807) is 0 Å². The number of nitrogens with two attached hydrogens (primary N) is 1. The lowest BCUT2D eigenvalue weighted by molar-refractivity contribution is -0.128. The fraction of sp³-hybridized carbons (Fsp3) is 0.571. The zero-order valence-corrected chi connectivity index (χ0v) is 16.4. The van der Waals surface area contributed by atoms with Gasteiger partial charge in [0, 0.05) is 0 Å². The molecule has 0 saturated carbocycles. The number of primary amides is 1. The maximum atomic E-state index is 12.6. The third-order valence-corrected chi connectivity index (χ3v) is 4.71. The summed E-state index contributed by atoms with van der Waals surface area (Å²) in [6, 6.07) is 8.11. The predicted molar refractivity (Wildman–Crippen MR) is 107 cm³/mol. The van der Waals surface area contributed by atoms with Crippen LogP contribution in [0.3, 0.4) is 0 Å². The van der Waals surface area contributed by atoms with Crippen molar-refractivity contribution in [1.29, 1.82) is 0 Å². The van der Waals surface area contributed by atoms with Gasteiger partial charge in [-0.15, -0.1) is 0 Å². The zero-order chi connectivity index (χ0) is 20.1. The third kappa shape index (κ3) is 9.33. The standard InChI is InChI=1S/C21H33N3O3/c1-3-5-9-16(4-2)14-23-19(13-20(22)26)21(27)24-18(15-25)12-17-10-7-6-8-11-17/h6-8,10-11,15-16,18-19,23H,3-5,9,12-14H2,1-2H3,(H2,22,26)(H,24,27)/t16?,18-,19?/m0/s1. The lowest BCUT2D eigenvalue weighted by atomic mass is 9.98. The van der Waals surface area contributed by atoms with Crippen LogP contribution in [0.1, 0.15) is 51.5 Å². The summed E-state index contributed by atoms with van der Waals surface area (Å²) in [5.74, 6) is -0.471. The second kappa shape index (κ2) is 13.0. The van der Waals surface area contributed by atoms with Gasteiger partial charge >= 0.3 is 0 Å². The van der Waals surface area contributed by atoms with E-state index in [4.69, 9.17) is 5.73 Å². The molecule has 0 aromatic heterocycles. The highest BCUT2D eigenvalue weighted by Crippen LogP contribution is 2.12. The van der Waals surface area contributed by atoms with Gasteiger partial charge in [-0.1, -0.05) is 63.4 Å². The van der Waals surface area contributed by atoms with Crippen molar-refractivity contribution in [2.24, 2.45) is 11.7 Å². The van der Waals surface area contributed by atoms with Crippen molar-refractivity contribution in [2.75, 3.05) is 6.54 Å². The summed E-state index contributed by atoms with van der Waals surface area (Å²) in [6.07, 6.45) is 5.39. The van der Waals surface area contributed by atoms with Crippen LogP contribution in [0.15, 0.2) is 30.3 Å². The summed E-state index contributed by atoms with van der Waals surface area (Å²) in [6.45, 7) is 4.91. The molecular formula is C21H33N3O3. The van der Waals surface area contributed by atoms with Crippen LogP contribution >= 0.6 is 0 Å². The average molecular weight is 376 g/mol. The highest BCUT2D eigenvalue weighted by atomic mass is 16.2. The molecule has 0 spiro atoms. The van der Waals surface area contributed by atoms with Crippen molar-refractivity contribution in [1.82, 2.24) is 10.6 Å². The molecule has 3 atom stereocenters. The van der Waals surface area contributed by atoms with Gasteiger partial charge < -0.3 is 21.2 Å². The minimum Gasteiger partial charge on any atom is -0.370 e.